The van der Waals surface area contributed by atoms with Crippen molar-refractivity contribution in [3.63, 3.8) is 0 Å². The van der Waals surface area contributed by atoms with Crippen LogP contribution >= 0.6 is 22.9 Å². The quantitative estimate of drug-likeness (QED) is 0.672. The number of aryl methyl sites for hydroxylation is 2. The summed E-state index contributed by atoms with van der Waals surface area (Å²) in [5, 5.41) is 3.47. The fraction of sp³-hybridized carbons (Fsp3) is 0.409. The Morgan fingerprint density at radius 2 is 1.67 bits per heavy atom. The van der Waals surface area contributed by atoms with Gasteiger partial charge in [0.1, 0.15) is 0 Å². The van der Waals surface area contributed by atoms with Gasteiger partial charge in [-0.1, -0.05) is 11.6 Å². The Morgan fingerprint density at radius 1 is 1.00 bits per heavy atom. The molecule has 8 heteroatoms. The van der Waals surface area contributed by atoms with Crippen LogP contribution in [-0.2, 0) is 4.79 Å². The second-order valence-electron chi connectivity index (χ2n) is 7.41. The van der Waals surface area contributed by atoms with Crippen LogP contribution in [0.15, 0.2) is 30.3 Å². The monoisotopic (exact) mass is 447 g/mol. The zero-order valence-electron chi connectivity index (χ0n) is 17.2. The van der Waals surface area contributed by atoms with Gasteiger partial charge in [0.2, 0.25) is 5.91 Å². The van der Waals surface area contributed by atoms with Crippen LogP contribution in [0.25, 0.3) is 0 Å². The zero-order chi connectivity index (χ0) is 21.7. The van der Waals surface area contributed by atoms with Crippen LogP contribution in [-0.4, -0.2) is 53.7 Å². The van der Waals surface area contributed by atoms with E-state index in [0.29, 0.717) is 43.3 Å². The van der Waals surface area contributed by atoms with Crippen molar-refractivity contribution in [2.75, 3.05) is 31.5 Å². The van der Waals surface area contributed by atoms with Gasteiger partial charge in [-0.15, -0.1) is 11.3 Å². The van der Waals surface area contributed by atoms with E-state index < -0.39 is 0 Å². The summed E-state index contributed by atoms with van der Waals surface area (Å²) in [5.74, 6) is -0.0168. The Balaban J connectivity index is 1.48. The van der Waals surface area contributed by atoms with Crippen LogP contribution in [0.4, 0.5) is 10.5 Å². The Bertz CT molecular complexity index is 926. The molecular formula is C22H26ClN3O3S. The molecule has 0 aliphatic carbocycles. The third kappa shape index (κ3) is 5.83. The highest BCUT2D eigenvalue weighted by atomic mass is 35.5. The Morgan fingerprint density at radius 3 is 2.33 bits per heavy atom. The molecule has 1 saturated heterocycles. The average molecular weight is 448 g/mol. The maximum atomic E-state index is 12.6. The smallest absolute Gasteiger partial charge is 0.321 e. The summed E-state index contributed by atoms with van der Waals surface area (Å²) >= 11 is 7.47. The number of carbonyl (C=O) groups excluding carboxylic acids is 3. The normalized spacial score (nSPS) is 14.4. The number of ketones is 1. The summed E-state index contributed by atoms with van der Waals surface area (Å²) in [6, 6.07) is 8.66. The molecule has 1 N–H and O–H groups in total. The molecule has 0 atom stereocenters. The molecule has 2 heterocycles. The standard InChI is InChI=1S/C22H26ClN3O3S/c1-15-14-19(16(2)30-15)20(27)8-9-21(28)25-10-3-11-26(13-12-25)22(29)24-18-6-4-17(23)5-7-18/h4-7,14H,3,8-13H2,1-2H3,(H,24,29). The van der Waals surface area contributed by atoms with E-state index in [9.17, 15) is 14.4 Å². The lowest BCUT2D eigenvalue weighted by molar-refractivity contribution is -0.131. The number of carbonyl (C=O) groups is 3. The van der Waals surface area contributed by atoms with Crippen molar-refractivity contribution in [1.29, 1.82) is 0 Å². The van der Waals surface area contributed by atoms with Crippen molar-refractivity contribution in [2.24, 2.45) is 0 Å². The van der Waals surface area contributed by atoms with Crippen molar-refractivity contribution in [1.82, 2.24) is 9.80 Å². The fourth-order valence-electron chi connectivity index (χ4n) is 3.53. The predicted molar refractivity (Wildman–Crippen MR) is 121 cm³/mol. The van der Waals surface area contributed by atoms with Gasteiger partial charge in [-0.25, -0.2) is 4.79 Å². The van der Waals surface area contributed by atoms with Gasteiger partial charge in [0.25, 0.3) is 0 Å². The predicted octanol–water partition coefficient (Wildman–Crippen LogP) is 4.75. The molecule has 0 spiro atoms. The van der Waals surface area contributed by atoms with E-state index in [-0.39, 0.29) is 30.6 Å². The number of Topliss-reactive ketones (excluding diaryl/α,β-unsaturated/α-hetero) is 1. The van der Waals surface area contributed by atoms with Crippen LogP contribution in [0.1, 0.15) is 39.4 Å². The van der Waals surface area contributed by atoms with Gasteiger partial charge in [-0.3, -0.25) is 9.59 Å². The van der Waals surface area contributed by atoms with E-state index in [0.717, 1.165) is 15.3 Å². The molecule has 0 unspecified atom stereocenters. The van der Waals surface area contributed by atoms with E-state index in [1.165, 1.54) is 0 Å². The second kappa shape index (κ2) is 10.1. The summed E-state index contributed by atoms with van der Waals surface area (Å²) in [6.07, 6.45) is 1.12. The number of halogens is 1. The first-order chi connectivity index (χ1) is 14.3. The van der Waals surface area contributed by atoms with Crippen LogP contribution in [0.5, 0.6) is 0 Å². The van der Waals surface area contributed by atoms with E-state index >= 15 is 0 Å². The summed E-state index contributed by atoms with van der Waals surface area (Å²) in [7, 11) is 0. The van der Waals surface area contributed by atoms with Gasteiger partial charge < -0.3 is 15.1 Å². The third-order valence-corrected chi connectivity index (χ3v) is 6.36. The maximum Gasteiger partial charge on any atom is 0.321 e. The minimum atomic E-state index is -0.190. The van der Waals surface area contributed by atoms with Crippen LogP contribution in [0, 0.1) is 13.8 Å². The molecule has 160 valence electrons. The minimum absolute atomic E-state index is 0.0176. The highest BCUT2D eigenvalue weighted by Crippen LogP contribution is 2.22. The van der Waals surface area contributed by atoms with E-state index in [1.807, 2.05) is 19.9 Å². The van der Waals surface area contributed by atoms with Gasteiger partial charge in [-0.05, 0) is 50.6 Å². The molecule has 2 aromatic rings. The molecule has 0 bridgehead atoms. The molecule has 3 amide bonds. The Labute approximate surface area is 185 Å². The number of benzene rings is 1. The SMILES string of the molecule is Cc1cc(C(=O)CCC(=O)N2CCCN(C(=O)Nc3ccc(Cl)cc3)CC2)c(C)s1. The molecule has 1 fully saturated rings. The number of hydrogen-bond donors (Lipinski definition) is 1. The van der Waals surface area contributed by atoms with E-state index in [4.69, 9.17) is 11.6 Å². The lowest BCUT2D eigenvalue weighted by Crippen LogP contribution is -2.39. The van der Waals surface area contributed by atoms with Crippen LogP contribution in [0.3, 0.4) is 0 Å². The van der Waals surface area contributed by atoms with E-state index in [1.54, 1.807) is 45.4 Å². The van der Waals surface area contributed by atoms with Gasteiger partial charge in [-0.2, -0.15) is 0 Å². The molecule has 1 aromatic carbocycles. The number of urea groups is 1. The molecule has 30 heavy (non-hydrogen) atoms. The topological polar surface area (TPSA) is 69.7 Å². The summed E-state index contributed by atoms with van der Waals surface area (Å²) < 4.78 is 0. The number of rotatable bonds is 5. The molecule has 1 aromatic heterocycles. The van der Waals surface area contributed by atoms with Crippen molar-refractivity contribution in [2.45, 2.75) is 33.1 Å². The molecule has 3 rings (SSSR count). The Kier molecular flexibility index (Phi) is 7.50. The first-order valence-corrected chi connectivity index (χ1v) is 11.2. The van der Waals surface area contributed by atoms with Crippen molar-refractivity contribution >= 4 is 46.3 Å². The van der Waals surface area contributed by atoms with E-state index in [2.05, 4.69) is 5.32 Å². The van der Waals surface area contributed by atoms with Crippen molar-refractivity contribution < 1.29 is 14.4 Å². The van der Waals surface area contributed by atoms with Crippen LogP contribution < -0.4 is 5.32 Å². The summed E-state index contributed by atoms with van der Waals surface area (Å²) in [4.78, 5) is 43.2. The lowest BCUT2D eigenvalue weighted by Gasteiger charge is -2.22. The number of thiophene rings is 1. The second-order valence-corrected chi connectivity index (χ2v) is 9.31. The Hall–Kier alpha value is -2.38. The number of nitrogens with one attached hydrogen (secondary N) is 1. The van der Waals surface area contributed by atoms with Gasteiger partial charge >= 0.3 is 6.03 Å². The lowest BCUT2D eigenvalue weighted by atomic mass is 10.1. The number of nitrogens with zero attached hydrogens (tertiary/aromatic N) is 2. The summed E-state index contributed by atoms with van der Waals surface area (Å²) in [5.41, 5.74) is 1.41. The molecule has 6 nitrogen and oxygen atoms in total. The molecule has 0 radical (unpaired) electrons. The zero-order valence-corrected chi connectivity index (χ0v) is 18.8. The molecule has 1 aliphatic rings. The molecule has 1 aliphatic heterocycles. The minimum Gasteiger partial charge on any atom is -0.341 e. The number of amides is 3. The first kappa shape index (κ1) is 22.3. The average Bonchev–Trinajstić information content (AvgIpc) is 2.92. The van der Waals surface area contributed by atoms with Crippen molar-refractivity contribution in [3.05, 3.63) is 50.7 Å². The highest BCUT2D eigenvalue weighted by molar-refractivity contribution is 7.12. The maximum absolute atomic E-state index is 12.6. The van der Waals surface area contributed by atoms with Gasteiger partial charge in [0.05, 0.1) is 0 Å². The van der Waals surface area contributed by atoms with Crippen LogP contribution in [0.2, 0.25) is 5.02 Å². The first-order valence-electron chi connectivity index (χ1n) is 10.0. The molecular weight excluding hydrogens is 422 g/mol. The highest BCUT2D eigenvalue weighted by Gasteiger charge is 2.23. The third-order valence-electron chi connectivity index (χ3n) is 5.14. The van der Waals surface area contributed by atoms with Crippen molar-refractivity contribution in [3.8, 4) is 0 Å². The number of hydrogen-bond acceptors (Lipinski definition) is 4. The largest absolute Gasteiger partial charge is 0.341 e. The fourth-order valence-corrected chi connectivity index (χ4v) is 4.60. The van der Waals surface area contributed by atoms with Gasteiger partial charge in [0.15, 0.2) is 5.78 Å². The summed E-state index contributed by atoms with van der Waals surface area (Å²) in [6.45, 7) is 6.01. The number of anilines is 1. The molecule has 0 saturated carbocycles. The van der Waals surface area contributed by atoms with Gasteiger partial charge in [0, 0.05) is 65.0 Å².